The molecule has 102 valence electrons. The number of rotatable bonds is 4. The molecule has 1 aliphatic rings. The molecule has 0 aromatic heterocycles. The third kappa shape index (κ3) is 2.88. The van der Waals surface area contributed by atoms with Crippen LogP contribution in [0.4, 0.5) is 5.69 Å². The van der Waals surface area contributed by atoms with Crippen molar-refractivity contribution in [3.63, 3.8) is 0 Å². The lowest BCUT2D eigenvalue weighted by Crippen LogP contribution is -2.50. The average molecular weight is 283 g/mol. The van der Waals surface area contributed by atoms with Crippen LogP contribution in [0.25, 0.3) is 0 Å². The summed E-state index contributed by atoms with van der Waals surface area (Å²) >= 11 is 5.82. The van der Waals surface area contributed by atoms with E-state index in [1.165, 1.54) is 18.2 Å². The van der Waals surface area contributed by atoms with Gasteiger partial charge in [-0.25, -0.2) is 4.79 Å². The lowest BCUT2D eigenvalue weighted by atomic mass is 9.96. The number of hydrogen-bond acceptors (Lipinski definition) is 3. The second-order valence-corrected chi connectivity index (χ2v) is 5.44. The fourth-order valence-corrected chi connectivity index (χ4v) is 2.10. The summed E-state index contributed by atoms with van der Waals surface area (Å²) in [6.45, 7) is 1.66. The van der Waals surface area contributed by atoms with E-state index in [0.29, 0.717) is 5.02 Å². The summed E-state index contributed by atoms with van der Waals surface area (Å²) in [5.41, 5.74) is 5.16. The Morgan fingerprint density at radius 2 is 2.11 bits per heavy atom. The van der Waals surface area contributed by atoms with Gasteiger partial charge in [-0.1, -0.05) is 11.6 Å². The van der Waals surface area contributed by atoms with E-state index in [-0.39, 0.29) is 23.1 Å². The van der Waals surface area contributed by atoms with Crippen LogP contribution in [-0.2, 0) is 4.79 Å². The van der Waals surface area contributed by atoms with Crippen LogP contribution in [0.3, 0.4) is 0 Å². The molecule has 2 rings (SSSR count). The molecule has 0 aliphatic heterocycles. The van der Waals surface area contributed by atoms with Crippen molar-refractivity contribution < 1.29 is 14.7 Å². The molecule has 0 saturated heterocycles. The summed E-state index contributed by atoms with van der Waals surface area (Å²) < 4.78 is 0. The minimum atomic E-state index is -1.13. The summed E-state index contributed by atoms with van der Waals surface area (Å²) in [5, 5.41) is 12.0. The highest BCUT2D eigenvalue weighted by Crippen LogP contribution is 2.38. The van der Waals surface area contributed by atoms with Crippen molar-refractivity contribution in [2.24, 2.45) is 11.7 Å². The summed E-state index contributed by atoms with van der Waals surface area (Å²) in [6, 6.07) is 4.22. The Morgan fingerprint density at radius 1 is 1.47 bits per heavy atom. The molecule has 1 amide bonds. The minimum absolute atomic E-state index is 0.00986. The van der Waals surface area contributed by atoms with Crippen LogP contribution in [0, 0.1) is 5.92 Å². The van der Waals surface area contributed by atoms with Crippen LogP contribution in [0.5, 0.6) is 0 Å². The zero-order valence-electron chi connectivity index (χ0n) is 10.4. The molecule has 0 radical (unpaired) electrons. The van der Waals surface area contributed by atoms with Crippen LogP contribution < -0.4 is 11.1 Å². The van der Waals surface area contributed by atoms with Gasteiger partial charge in [0.25, 0.3) is 0 Å². The summed E-state index contributed by atoms with van der Waals surface area (Å²) in [5.74, 6) is -1.36. The minimum Gasteiger partial charge on any atom is -0.478 e. The molecular weight excluding hydrogens is 268 g/mol. The second kappa shape index (κ2) is 4.83. The molecule has 1 atom stereocenters. The van der Waals surface area contributed by atoms with Crippen LogP contribution in [-0.4, -0.2) is 22.5 Å². The number of nitrogens with one attached hydrogen (secondary N) is 1. The van der Waals surface area contributed by atoms with Gasteiger partial charge in [0, 0.05) is 5.02 Å². The molecule has 0 heterocycles. The summed E-state index contributed by atoms with van der Waals surface area (Å²) in [6.07, 6.45) is 1.84. The van der Waals surface area contributed by atoms with E-state index in [4.69, 9.17) is 22.4 Å². The SMILES string of the molecule is CC(N)(C(=O)Nc1cc(Cl)ccc1C(=O)O)C1CC1. The first kappa shape index (κ1) is 13.8. The van der Waals surface area contributed by atoms with Gasteiger partial charge in [0.2, 0.25) is 5.91 Å². The normalized spacial score (nSPS) is 17.6. The Kier molecular flexibility index (Phi) is 3.52. The van der Waals surface area contributed by atoms with Crippen molar-refractivity contribution in [2.75, 3.05) is 5.32 Å². The Morgan fingerprint density at radius 3 is 2.63 bits per heavy atom. The standard InChI is InChI=1S/C13H15ClN2O3/c1-13(15,7-2-3-7)12(19)16-10-6-8(14)4-5-9(10)11(17)18/h4-7H,2-3,15H2,1H3,(H,16,19)(H,17,18). The highest BCUT2D eigenvalue weighted by atomic mass is 35.5. The first-order valence-corrected chi connectivity index (χ1v) is 6.33. The van der Waals surface area contributed by atoms with Crippen molar-refractivity contribution in [1.82, 2.24) is 0 Å². The monoisotopic (exact) mass is 282 g/mol. The first-order chi connectivity index (χ1) is 8.82. The molecule has 1 saturated carbocycles. The molecule has 1 aromatic carbocycles. The number of benzene rings is 1. The number of carboxylic acid groups (broad SMARTS) is 1. The second-order valence-electron chi connectivity index (χ2n) is 5.01. The topological polar surface area (TPSA) is 92.4 Å². The third-order valence-electron chi connectivity index (χ3n) is 3.37. The number of carbonyl (C=O) groups excluding carboxylic acids is 1. The van der Waals surface area contributed by atoms with Crippen molar-refractivity contribution in [3.05, 3.63) is 28.8 Å². The number of aromatic carboxylic acids is 1. The number of hydrogen-bond donors (Lipinski definition) is 3. The van der Waals surface area contributed by atoms with Crippen molar-refractivity contribution in [2.45, 2.75) is 25.3 Å². The van der Waals surface area contributed by atoms with E-state index in [9.17, 15) is 9.59 Å². The van der Waals surface area contributed by atoms with Gasteiger partial charge >= 0.3 is 5.97 Å². The van der Waals surface area contributed by atoms with E-state index in [2.05, 4.69) is 5.32 Å². The van der Waals surface area contributed by atoms with E-state index < -0.39 is 11.5 Å². The Labute approximate surface area is 115 Å². The van der Waals surface area contributed by atoms with Gasteiger partial charge in [0.05, 0.1) is 16.8 Å². The molecule has 5 nitrogen and oxygen atoms in total. The van der Waals surface area contributed by atoms with Crippen molar-refractivity contribution >= 4 is 29.2 Å². The van der Waals surface area contributed by atoms with Gasteiger partial charge in [-0.2, -0.15) is 0 Å². The van der Waals surface area contributed by atoms with Gasteiger partial charge in [-0.15, -0.1) is 0 Å². The molecule has 4 N–H and O–H groups in total. The molecule has 1 aliphatic carbocycles. The molecule has 0 bridgehead atoms. The number of carbonyl (C=O) groups is 2. The number of halogens is 1. The van der Waals surface area contributed by atoms with Crippen LogP contribution in [0.1, 0.15) is 30.1 Å². The lowest BCUT2D eigenvalue weighted by molar-refractivity contribution is -0.121. The molecule has 1 unspecified atom stereocenters. The highest BCUT2D eigenvalue weighted by Gasteiger charge is 2.44. The number of amides is 1. The molecule has 19 heavy (non-hydrogen) atoms. The van der Waals surface area contributed by atoms with Crippen LogP contribution in [0.2, 0.25) is 5.02 Å². The lowest BCUT2D eigenvalue weighted by Gasteiger charge is -2.23. The fraction of sp³-hybridized carbons (Fsp3) is 0.385. The molecule has 1 fully saturated rings. The first-order valence-electron chi connectivity index (χ1n) is 5.95. The average Bonchev–Trinajstić information content (AvgIpc) is 3.12. The Balaban J connectivity index is 2.25. The zero-order chi connectivity index (χ0) is 14.2. The van der Waals surface area contributed by atoms with E-state index >= 15 is 0 Å². The van der Waals surface area contributed by atoms with E-state index in [0.717, 1.165) is 12.8 Å². The Bertz CT molecular complexity index is 539. The van der Waals surface area contributed by atoms with Crippen LogP contribution >= 0.6 is 11.6 Å². The third-order valence-corrected chi connectivity index (χ3v) is 3.61. The van der Waals surface area contributed by atoms with Crippen LogP contribution in [0.15, 0.2) is 18.2 Å². The Hall–Kier alpha value is -1.59. The van der Waals surface area contributed by atoms with Gasteiger partial charge in [-0.05, 0) is 43.9 Å². The predicted molar refractivity (Wildman–Crippen MR) is 72.4 cm³/mol. The maximum atomic E-state index is 12.1. The molecule has 0 spiro atoms. The number of anilines is 1. The number of carboxylic acids is 1. The van der Waals surface area contributed by atoms with Crippen molar-refractivity contribution in [1.29, 1.82) is 0 Å². The van der Waals surface area contributed by atoms with Gasteiger partial charge in [0.15, 0.2) is 0 Å². The maximum Gasteiger partial charge on any atom is 0.337 e. The summed E-state index contributed by atoms with van der Waals surface area (Å²) in [4.78, 5) is 23.2. The maximum absolute atomic E-state index is 12.1. The fourth-order valence-electron chi connectivity index (χ4n) is 1.93. The van der Waals surface area contributed by atoms with Crippen molar-refractivity contribution in [3.8, 4) is 0 Å². The largest absolute Gasteiger partial charge is 0.478 e. The smallest absolute Gasteiger partial charge is 0.337 e. The molecule has 6 heteroatoms. The molecule has 1 aromatic rings. The number of nitrogens with two attached hydrogens (primary N) is 1. The van der Waals surface area contributed by atoms with Gasteiger partial charge in [-0.3, -0.25) is 4.79 Å². The predicted octanol–water partition coefficient (Wildman–Crippen LogP) is 2.10. The molecular formula is C13H15ClN2O3. The summed E-state index contributed by atoms with van der Waals surface area (Å²) in [7, 11) is 0. The zero-order valence-corrected chi connectivity index (χ0v) is 11.2. The quantitative estimate of drug-likeness (QED) is 0.788. The van der Waals surface area contributed by atoms with E-state index in [1.807, 2.05) is 0 Å². The van der Waals surface area contributed by atoms with Gasteiger partial charge < -0.3 is 16.2 Å². The van der Waals surface area contributed by atoms with E-state index in [1.54, 1.807) is 6.92 Å². The van der Waals surface area contributed by atoms with Gasteiger partial charge in [0.1, 0.15) is 0 Å². The highest BCUT2D eigenvalue weighted by molar-refractivity contribution is 6.31.